The van der Waals surface area contributed by atoms with Gasteiger partial charge in [-0.3, -0.25) is 9.89 Å². The van der Waals surface area contributed by atoms with Crippen molar-refractivity contribution < 1.29 is 0 Å². The summed E-state index contributed by atoms with van der Waals surface area (Å²) in [4.78, 5) is 7.49. The van der Waals surface area contributed by atoms with E-state index in [9.17, 15) is 0 Å². The lowest BCUT2D eigenvalue weighted by Crippen LogP contribution is -2.40. The molecule has 2 heterocycles. The fraction of sp³-hybridized carbons (Fsp3) is 0.667. The Morgan fingerprint density at radius 1 is 1.26 bits per heavy atom. The second-order valence-corrected chi connectivity index (χ2v) is 9.01. The van der Waals surface area contributed by atoms with Crippen LogP contribution in [0.5, 0.6) is 0 Å². The summed E-state index contributed by atoms with van der Waals surface area (Å²) in [5.74, 6) is 2.97. The van der Waals surface area contributed by atoms with Gasteiger partial charge in [0.1, 0.15) is 0 Å². The van der Waals surface area contributed by atoms with Crippen LogP contribution in [0, 0.1) is 5.92 Å². The summed E-state index contributed by atoms with van der Waals surface area (Å²) >= 11 is 2.10. The lowest BCUT2D eigenvalue weighted by molar-refractivity contribution is 0.256. The second kappa shape index (κ2) is 12.2. The van der Waals surface area contributed by atoms with Crippen LogP contribution >= 0.6 is 35.7 Å². The van der Waals surface area contributed by atoms with Crippen molar-refractivity contribution in [3.8, 4) is 0 Å². The van der Waals surface area contributed by atoms with Crippen LogP contribution in [0.25, 0.3) is 0 Å². The number of halogens is 1. The Kier molecular flexibility index (Phi) is 10.3. The third kappa shape index (κ3) is 7.46. The fourth-order valence-corrected chi connectivity index (χ4v) is 5.17. The zero-order valence-corrected chi connectivity index (χ0v) is 19.8. The van der Waals surface area contributed by atoms with Gasteiger partial charge in [0.05, 0.1) is 0 Å². The highest BCUT2D eigenvalue weighted by Crippen LogP contribution is 2.26. The third-order valence-electron chi connectivity index (χ3n) is 5.39. The standard InChI is InChI=1S/C21H34N4S.HI/c1-3-22-21(24-14-20-10-7-11-26-20)23-13-19-12-17(2)25(16-19)15-18-8-5-4-6-9-18;/h4-6,8-9,17,19-20H,3,7,10-16H2,1-2H3,(H2,22,23,24);1H. The van der Waals surface area contributed by atoms with E-state index in [1.807, 2.05) is 0 Å². The van der Waals surface area contributed by atoms with Crippen molar-refractivity contribution in [2.75, 3.05) is 31.9 Å². The summed E-state index contributed by atoms with van der Waals surface area (Å²) in [6, 6.07) is 11.5. The molecule has 2 fully saturated rings. The molecule has 2 aliphatic heterocycles. The van der Waals surface area contributed by atoms with E-state index in [-0.39, 0.29) is 24.0 Å². The Morgan fingerprint density at radius 3 is 2.78 bits per heavy atom. The topological polar surface area (TPSA) is 39.7 Å². The number of guanidine groups is 1. The molecule has 2 aliphatic rings. The van der Waals surface area contributed by atoms with Crippen LogP contribution in [0.4, 0.5) is 0 Å². The molecule has 0 saturated carbocycles. The Bertz CT molecular complexity index is 563. The molecule has 27 heavy (non-hydrogen) atoms. The number of hydrogen-bond acceptors (Lipinski definition) is 3. The summed E-state index contributed by atoms with van der Waals surface area (Å²) in [5.41, 5.74) is 1.41. The van der Waals surface area contributed by atoms with Gasteiger partial charge in [-0.1, -0.05) is 30.3 Å². The molecule has 3 unspecified atom stereocenters. The normalized spacial score (nSPS) is 26.0. The first-order chi connectivity index (χ1) is 12.7. The first-order valence-corrected chi connectivity index (χ1v) is 11.2. The van der Waals surface area contributed by atoms with E-state index in [1.165, 1.54) is 30.6 Å². The Balaban J connectivity index is 0.00000261. The van der Waals surface area contributed by atoms with Crippen molar-refractivity contribution in [3.63, 3.8) is 0 Å². The van der Waals surface area contributed by atoms with Gasteiger partial charge >= 0.3 is 0 Å². The molecule has 0 radical (unpaired) electrons. The van der Waals surface area contributed by atoms with Gasteiger partial charge in [-0.15, -0.1) is 24.0 Å². The summed E-state index contributed by atoms with van der Waals surface area (Å²) in [7, 11) is 0. The Hall–Kier alpha value is -0.470. The molecule has 3 rings (SSSR count). The fourth-order valence-electron chi connectivity index (χ4n) is 3.97. The van der Waals surface area contributed by atoms with Gasteiger partial charge in [-0.05, 0) is 50.3 Å². The van der Waals surface area contributed by atoms with Crippen molar-refractivity contribution in [1.82, 2.24) is 15.5 Å². The lowest BCUT2D eigenvalue weighted by atomic mass is 10.1. The monoisotopic (exact) mass is 502 g/mol. The molecule has 2 N–H and O–H groups in total. The zero-order chi connectivity index (χ0) is 18.2. The maximum absolute atomic E-state index is 4.89. The molecule has 0 amide bonds. The predicted octanol–water partition coefficient (Wildman–Crippen LogP) is 3.97. The molecule has 0 aliphatic carbocycles. The van der Waals surface area contributed by atoms with Gasteiger partial charge in [-0.2, -0.15) is 11.8 Å². The van der Waals surface area contributed by atoms with E-state index < -0.39 is 0 Å². The van der Waals surface area contributed by atoms with Crippen LogP contribution in [0.15, 0.2) is 35.3 Å². The van der Waals surface area contributed by atoms with Gasteiger partial charge in [0.25, 0.3) is 0 Å². The molecule has 1 aromatic carbocycles. The predicted molar refractivity (Wildman–Crippen MR) is 129 cm³/mol. The maximum atomic E-state index is 4.89. The average molecular weight is 503 g/mol. The minimum absolute atomic E-state index is 0. The van der Waals surface area contributed by atoms with Crippen LogP contribution in [0.3, 0.4) is 0 Å². The number of nitrogens with zero attached hydrogens (tertiary/aromatic N) is 2. The third-order valence-corrected chi connectivity index (χ3v) is 6.79. The average Bonchev–Trinajstić information content (AvgIpc) is 3.28. The molecule has 152 valence electrons. The molecule has 2 saturated heterocycles. The zero-order valence-electron chi connectivity index (χ0n) is 16.7. The van der Waals surface area contributed by atoms with E-state index in [0.29, 0.717) is 12.0 Å². The second-order valence-electron chi connectivity index (χ2n) is 7.60. The van der Waals surface area contributed by atoms with Crippen molar-refractivity contribution in [3.05, 3.63) is 35.9 Å². The first-order valence-electron chi connectivity index (χ1n) is 10.2. The van der Waals surface area contributed by atoms with Crippen molar-refractivity contribution in [2.24, 2.45) is 10.9 Å². The number of thioether (sulfide) groups is 1. The SMILES string of the molecule is CCNC(=NCC1CC(C)N(Cc2ccccc2)C1)NCC1CCCS1.I. The summed E-state index contributed by atoms with van der Waals surface area (Å²) in [6.07, 6.45) is 3.95. The molecular formula is C21H35IN4S. The van der Waals surface area contributed by atoms with Crippen LogP contribution in [-0.4, -0.2) is 54.1 Å². The molecule has 3 atom stereocenters. The number of hydrogen-bond donors (Lipinski definition) is 2. The highest BCUT2D eigenvalue weighted by Gasteiger charge is 2.28. The molecule has 4 nitrogen and oxygen atoms in total. The summed E-state index contributed by atoms with van der Waals surface area (Å²) in [6.45, 7) is 9.58. The number of rotatable bonds is 7. The molecule has 0 aromatic heterocycles. The highest BCUT2D eigenvalue weighted by molar-refractivity contribution is 14.0. The largest absolute Gasteiger partial charge is 0.357 e. The Labute approximate surface area is 186 Å². The van der Waals surface area contributed by atoms with Gasteiger partial charge in [0.2, 0.25) is 0 Å². The molecule has 1 aromatic rings. The summed E-state index contributed by atoms with van der Waals surface area (Å²) < 4.78 is 0. The summed E-state index contributed by atoms with van der Waals surface area (Å²) in [5, 5.41) is 7.72. The van der Waals surface area contributed by atoms with Crippen molar-refractivity contribution in [1.29, 1.82) is 0 Å². The van der Waals surface area contributed by atoms with Gasteiger partial charge in [0.15, 0.2) is 5.96 Å². The van der Waals surface area contributed by atoms with E-state index in [1.54, 1.807) is 0 Å². The van der Waals surface area contributed by atoms with Gasteiger partial charge in [-0.25, -0.2) is 0 Å². The minimum atomic E-state index is 0. The van der Waals surface area contributed by atoms with Crippen LogP contribution in [0.1, 0.15) is 38.7 Å². The van der Waals surface area contributed by atoms with Gasteiger partial charge in [0, 0.05) is 44.0 Å². The van der Waals surface area contributed by atoms with Crippen molar-refractivity contribution >= 4 is 41.7 Å². The minimum Gasteiger partial charge on any atom is -0.357 e. The first kappa shape index (κ1) is 22.8. The molecule has 6 heteroatoms. The van der Waals surface area contributed by atoms with Crippen molar-refractivity contribution in [2.45, 2.75) is 50.9 Å². The van der Waals surface area contributed by atoms with Crippen LogP contribution in [0.2, 0.25) is 0 Å². The van der Waals surface area contributed by atoms with Crippen LogP contribution in [-0.2, 0) is 6.54 Å². The lowest BCUT2D eigenvalue weighted by Gasteiger charge is -2.21. The number of benzene rings is 1. The molecular weight excluding hydrogens is 467 g/mol. The maximum Gasteiger partial charge on any atom is 0.191 e. The van der Waals surface area contributed by atoms with Gasteiger partial charge < -0.3 is 10.6 Å². The smallest absolute Gasteiger partial charge is 0.191 e. The number of nitrogens with one attached hydrogen (secondary N) is 2. The molecule has 0 bridgehead atoms. The van der Waals surface area contributed by atoms with E-state index in [0.717, 1.165) is 43.9 Å². The molecule has 0 spiro atoms. The van der Waals surface area contributed by atoms with E-state index in [2.05, 4.69) is 71.5 Å². The van der Waals surface area contributed by atoms with E-state index in [4.69, 9.17) is 4.99 Å². The highest BCUT2D eigenvalue weighted by atomic mass is 127. The number of likely N-dealkylation sites (tertiary alicyclic amines) is 1. The Morgan fingerprint density at radius 2 is 2.07 bits per heavy atom. The number of aliphatic imine (C=N–C) groups is 1. The van der Waals surface area contributed by atoms with Crippen LogP contribution < -0.4 is 10.6 Å². The van der Waals surface area contributed by atoms with E-state index >= 15 is 0 Å². The quantitative estimate of drug-likeness (QED) is 0.337.